The number of nitrogens with zero attached hydrogens (tertiary/aromatic N) is 1. The Bertz CT molecular complexity index is 900. The molecule has 1 fully saturated rings. The molecule has 0 radical (unpaired) electrons. The predicted molar refractivity (Wildman–Crippen MR) is 117 cm³/mol. The fourth-order valence-corrected chi connectivity index (χ4v) is 4.18. The molecular formula is C23H25NO5S. The average Bonchev–Trinajstić information content (AvgIpc) is 2.68. The number of benzene rings is 2. The lowest BCUT2D eigenvalue weighted by atomic mass is 9.64. The Morgan fingerprint density at radius 3 is 2.20 bits per heavy atom. The van der Waals surface area contributed by atoms with Crippen LogP contribution in [-0.2, 0) is 16.1 Å². The molecule has 0 heterocycles. The molecule has 0 aromatic heterocycles. The minimum absolute atomic E-state index is 0.273. The Kier molecular flexibility index (Phi) is 7.05. The van der Waals surface area contributed by atoms with Gasteiger partial charge in [0, 0.05) is 19.0 Å². The van der Waals surface area contributed by atoms with E-state index in [0.29, 0.717) is 18.1 Å². The van der Waals surface area contributed by atoms with Crippen molar-refractivity contribution < 1.29 is 24.5 Å². The van der Waals surface area contributed by atoms with Gasteiger partial charge in [-0.1, -0.05) is 49.5 Å². The summed E-state index contributed by atoms with van der Waals surface area (Å²) in [4.78, 5) is 25.4. The van der Waals surface area contributed by atoms with Crippen LogP contribution in [0.1, 0.15) is 25.3 Å². The van der Waals surface area contributed by atoms with E-state index in [1.54, 1.807) is 0 Å². The third-order valence-corrected chi connectivity index (χ3v) is 5.94. The van der Waals surface area contributed by atoms with Gasteiger partial charge in [0.1, 0.15) is 11.5 Å². The van der Waals surface area contributed by atoms with E-state index in [1.807, 2.05) is 66.4 Å². The van der Waals surface area contributed by atoms with Crippen LogP contribution in [-0.4, -0.2) is 38.6 Å². The summed E-state index contributed by atoms with van der Waals surface area (Å²) in [6.45, 7) is 3.25. The smallest absolute Gasteiger partial charge is 0.308 e. The van der Waals surface area contributed by atoms with Crippen molar-refractivity contribution in [3.63, 3.8) is 0 Å². The number of carboxylic acid groups (broad SMARTS) is 2. The van der Waals surface area contributed by atoms with E-state index in [2.05, 4.69) is 0 Å². The van der Waals surface area contributed by atoms with Crippen LogP contribution >= 0.6 is 12.2 Å². The summed E-state index contributed by atoms with van der Waals surface area (Å²) in [5.41, 5.74) is 1.02. The molecule has 1 saturated carbocycles. The topological polar surface area (TPSA) is 87.1 Å². The lowest BCUT2D eigenvalue weighted by Crippen LogP contribution is -2.52. The zero-order valence-corrected chi connectivity index (χ0v) is 17.5. The number of hydrogen-bond acceptors (Lipinski definition) is 4. The quantitative estimate of drug-likeness (QED) is 0.572. The van der Waals surface area contributed by atoms with E-state index in [1.165, 1.54) is 0 Å². The second-order valence-electron chi connectivity index (χ2n) is 7.47. The minimum Gasteiger partial charge on any atom is -0.481 e. The minimum atomic E-state index is -1.10. The van der Waals surface area contributed by atoms with Crippen molar-refractivity contribution in [2.24, 2.45) is 17.8 Å². The van der Waals surface area contributed by atoms with E-state index in [4.69, 9.17) is 17.0 Å². The fraction of sp³-hybridized carbons (Fsp3) is 0.348. The predicted octanol–water partition coefficient (Wildman–Crippen LogP) is 4.44. The Hall–Kier alpha value is -2.93. The van der Waals surface area contributed by atoms with Crippen molar-refractivity contribution in [1.82, 2.24) is 4.90 Å². The maximum Gasteiger partial charge on any atom is 0.308 e. The maximum absolute atomic E-state index is 11.6. The monoisotopic (exact) mass is 427 g/mol. The van der Waals surface area contributed by atoms with Crippen LogP contribution in [0.5, 0.6) is 11.5 Å². The number of hydrogen-bond donors (Lipinski definition) is 2. The van der Waals surface area contributed by atoms with Crippen molar-refractivity contribution in [2.45, 2.75) is 26.3 Å². The zero-order chi connectivity index (χ0) is 21.7. The highest BCUT2D eigenvalue weighted by molar-refractivity contribution is 7.80. The Balaban J connectivity index is 1.67. The van der Waals surface area contributed by atoms with Crippen LogP contribution in [0.2, 0.25) is 0 Å². The first kappa shape index (κ1) is 21.8. The molecule has 0 saturated heterocycles. The molecule has 1 aliphatic rings. The molecule has 6 nitrogen and oxygen atoms in total. The van der Waals surface area contributed by atoms with Crippen molar-refractivity contribution >= 4 is 29.1 Å². The second-order valence-corrected chi connectivity index (χ2v) is 7.89. The first-order valence-electron chi connectivity index (χ1n) is 9.97. The third-order valence-electron chi connectivity index (χ3n) is 5.38. The number of carboxylic acids is 2. The molecule has 2 N–H and O–H groups in total. The highest BCUT2D eigenvalue weighted by Gasteiger charge is 2.52. The molecule has 0 amide bonds. The molecule has 30 heavy (non-hydrogen) atoms. The van der Waals surface area contributed by atoms with Gasteiger partial charge < -0.3 is 19.8 Å². The summed E-state index contributed by atoms with van der Waals surface area (Å²) in [6, 6.07) is 17.2. The Morgan fingerprint density at radius 1 is 1.00 bits per heavy atom. The molecule has 2 aromatic rings. The largest absolute Gasteiger partial charge is 0.481 e. The lowest BCUT2D eigenvalue weighted by molar-refractivity contribution is -0.163. The third kappa shape index (κ3) is 4.97. The summed E-state index contributed by atoms with van der Waals surface area (Å²) in [5.74, 6) is -2.94. The normalized spacial score (nSPS) is 20.1. The standard InChI is InChI=1S/C23H25NO5S/c1-2-12-24(21(30)18-13-19(22(25)26)20(18)23(27)28)14-15-8-10-17(11-9-15)29-16-6-4-3-5-7-16/h3-11,18-20H,2,12-14H2,1H3,(H,25,26)(H,27,28). The summed E-state index contributed by atoms with van der Waals surface area (Å²) in [6.07, 6.45) is 1.12. The molecule has 7 heteroatoms. The first-order chi connectivity index (χ1) is 14.4. The average molecular weight is 428 g/mol. The van der Waals surface area contributed by atoms with Gasteiger partial charge in [0.15, 0.2) is 0 Å². The van der Waals surface area contributed by atoms with Gasteiger partial charge in [0.25, 0.3) is 0 Å². The van der Waals surface area contributed by atoms with Gasteiger partial charge in [0.05, 0.1) is 16.8 Å². The van der Waals surface area contributed by atoms with Crippen molar-refractivity contribution in [1.29, 1.82) is 0 Å². The van der Waals surface area contributed by atoms with Crippen molar-refractivity contribution in [3.8, 4) is 11.5 Å². The van der Waals surface area contributed by atoms with E-state index in [-0.39, 0.29) is 6.42 Å². The number of para-hydroxylation sites is 1. The van der Waals surface area contributed by atoms with Gasteiger partial charge in [-0.15, -0.1) is 0 Å². The number of carbonyl (C=O) groups is 2. The van der Waals surface area contributed by atoms with E-state index in [0.717, 1.165) is 23.5 Å². The molecule has 3 atom stereocenters. The van der Waals surface area contributed by atoms with Crippen LogP contribution in [0, 0.1) is 17.8 Å². The van der Waals surface area contributed by atoms with Gasteiger partial charge in [-0.3, -0.25) is 9.59 Å². The molecular weight excluding hydrogens is 402 g/mol. The number of aliphatic carboxylic acids is 2. The first-order valence-corrected chi connectivity index (χ1v) is 10.4. The van der Waals surface area contributed by atoms with E-state index in [9.17, 15) is 19.8 Å². The maximum atomic E-state index is 11.6. The fourth-order valence-electron chi connectivity index (χ4n) is 3.78. The number of ether oxygens (including phenoxy) is 1. The number of thiocarbonyl (C=S) groups is 1. The van der Waals surface area contributed by atoms with Crippen molar-refractivity contribution in [2.75, 3.05) is 6.54 Å². The Labute approximate surface area is 181 Å². The summed E-state index contributed by atoms with van der Waals surface area (Å²) >= 11 is 5.61. The molecule has 0 bridgehead atoms. The van der Waals surface area contributed by atoms with Crippen LogP contribution in [0.25, 0.3) is 0 Å². The summed E-state index contributed by atoms with van der Waals surface area (Å²) in [7, 11) is 0. The number of rotatable bonds is 9. The highest BCUT2D eigenvalue weighted by Crippen LogP contribution is 2.43. The molecule has 1 aliphatic carbocycles. The van der Waals surface area contributed by atoms with Crippen LogP contribution in [0.4, 0.5) is 0 Å². The van der Waals surface area contributed by atoms with Gasteiger partial charge in [-0.25, -0.2) is 0 Å². The molecule has 2 aromatic carbocycles. The van der Waals surface area contributed by atoms with Gasteiger partial charge in [0.2, 0.25) is 0 Å². The summed E-state index contributed by atoms with van der Waals surface area (Å²) < 4.78 is 5.81. The molecule has 3 unspecified atom stereocenters. The van der Waals surface area contributed by atoms with Crippen LogP contribution in [0.3, 0.4) is 0 Å². The zero-order valence-electron chi connectivity index (χ0n) is 16.7. The van der Waals surface area contributed by atoms with E-state index >= 15 is 0 Å². The second kappa shape index (κ2) is 9.71. The van der Waals surface area contributed by atoms with Gasteiger partial charge >= 0.3 is 11.9 Å². The Morgan fingerprint density at radius 2 is 1.63 bits per heavy atom. The molecule has 0 aliphatic heterocycles. The summed E-state index contributed by atoms with van der Waals surface area (Å²) in [5, 5.41) is 18.7. The van der Waals surface area contributed by atoms with E-state index < -0.39 is 29.7 Å². The van der Waals surface area contributed by atoms with Gasteiger partial charge in [-0.05, 0) is 42.7 Å². The molecule has 0 spiro atoms. The van der Waals surface area contributed by atoms with Gasteiger partial charge in [-0.2, -0.15) is 0 Å². The molecule has 158 valence electrons. The lowest BCUT2D eigenvalue weighted by Gasteiger charge is -2.43. The SMILES string of the molecule is CCCN(Cc1ccc(Oc2ccccc2)cc1)C(=S)C1CC(C(=O)O)C1C(=O)O. The van der Waals surface area contributed by atoms with Crippen LogP contribution < -0.4 is 4.74 Å². The van der Waals surface area contributed by atoms with Crippen LogP contribution in [0.15, 0.2) is 54.6 Å². The van der Waals surface area contributed by atoms with Crippen molar-refractivity contribution in [3.05, 3.63) is 60.2 Å². The highest BCUT2D eigenvalue weighted by atomic mass is 32.1. The molecule has 3 rings (SSSR count).